The van der Waals surface area contributed by atoms with Gasteiger partial charge in [0.15, 0.2) is 11.6 Å². The summed E-state index contributed by atoms with van der Waals surface area (Å²) in [6.45, 7) is 1.63. The molecule has 2 aliphatic rings. The Hall–Kier alpha value is -3.89. The lowest BCUT2D eigenvalue weighted by Crippen LogP contribution is -2.49. The molecule has 0 bridgehead atoms. The molecule has 0 atom stereocenters. The maximum Gasteiger partial charge on any atom is 0.313 e. The van der Waals surface area contributed by atoms with Crippen LogP contribution in [0.25, 0.3) is 0 Å². The van der Waals surface area contributed by atoms with Gasteiger partial charge in [-0.2, -0.15) is 0 Å². The minimum absolute atomic E-state index is 0.0574. The van der Waals surface area contributed by atoms with Gasteiger partial charge in [-0.25, -0.2) is 13.8 Å². The van der Waals surface area contributed by atoms with Gasteiger partial charge in [0, 0.05) is 13.1 Å². The minimum Gasteiger partial charge on any atom is -0.481 e. The quantitative estimate of drug-likeness (QED) is 0.545. The first-order chi connectivity index (χ1) is 16.8. The molecule has 1 saturated heterocycles. The van der Waals surface area contributed by atoms with Crippen molar-refractivity contribution in [1.82, 2.24) is 15.2 Å². The smallest absolute Gasteiger partial charge is 0.313 e. The third-order valence-corrected chi connectivity index (χ3v) is 6.86. The van der Waals surface area contributed by atoms with Crippen LogP contribution in [-0.4, -0.2) is 45.3 Å². The zero-order valence-electron chi connectivity index (χ0n) is 18.7. The van der Waals surface area contributed by atoms with Crippen LogP contribution >= 0.6 is 0 Å². The standard InChI is InChI=1S/C24H23F2N5O4/c25-17-3-1-14(9-18(17)26)10-20-29-30-22(35-20)21(32)28-16-2-4-19(27-13-16)31-7-5-24(6-8-31)11-15(12-24)23(33)34/h1-4,9,13,15H,5-8,10-12H2,(H,28,32)(H,33,34). The number of halogens is 2. The van der Waals surface area contributed by atoms with E-state index in [0.29, 0.717) is 11.3 Å². The van der Waals surface area contributed by atoms with Crippen LogP contribution < -0.4 is 10.2 Å². The van der Waals surface area contributed by atoms with Gasteiger partial charge >= 0.3 is 17.8 Å². The van der Waals surface area contributed by atoms with E-state index in [1.807, 2.05) is 6.07 Å². The number of pyridine rings is 1. The largest absolute Gasteiger partial charge is 0.481 e. The lowest BCUT2D eigenvalue weighted by atomic mass is 9.57. The number of aliphatic carboxylic acids is 1. The molecule has 1 saturated carbocycles. The van der Waals surface area contributed by atoms with Crippen molar-refractivity contribution < 1.29 is 27.9 Å². The summed E-state index contributed by atoms with van der Waals surface area (Å²) in [5, 5.41) is 19.3. The fourth-order valence-electron chi connectivity index (χ4n) is 4.85. The highest BCUT2D eigenvalue weighted by Gasteiger charge is 2.48. The molecular formula is C24H23F2N5O4. The van der Waals surface area contributed by atoms with Crippen LogP contribution in [-0.2, 0) is 11.2 Å². The highest BCUT2D eigenvalue weighted by Crippen LogP contribution is 2.52. The van der Waals surface area contributed by atoms with Crippen LogP contribution in [0.2, 0.25) is 0 Å². The maximum atomic E-state index is 13.4. The summed E-state index contributed by atoms with van der Waals surface area (Å²) in [6, 6.07) is 6.99. The van der Waals surface area contributed by atoms with E-state index >= 15 is 0 Å². The number of nitrogens with zero attached hydrogens (tertiary/aromatic N) is 4. The van der Waals surface area contributed by atoms with Gasteiger partial charge in [0.25, 0.3) is 0 Å². The summed E-state index contributed by atoms with van der Waals surface area (Å²) in [7, 11) is 0. The first-order valence-corrected chi connectivity index (χ1v) is 11.3. The molecular weight excluding hydrogens is 460 g/mol. The summed E-state index contributed by atoms with van der Waals surface area (Å²) in [4.78, 5) is 30.2. The third kappa shape index (κ3) is 4.84. The molecule has 2 N–H and O–H groups in total. The Morgan fingerprint density at radius 1 is 1.11 bits per heavy atom. The highest BCUT2D eigenvalue weighted by molar-refractivity contribution is 6.00. The second-order valence-electron chi connectivity index (χ2n) is 9.22. The van der Waals surface area contributed by atoms with E-state index in [0.717, 1.165) is 56.7 Å². The monoisotopic (exact) mass is 483 g/mol. The second kappa shape index (κ2) is 9.05. The van der Waals surface area contributed by atoms with Crippen molar-refractivity contribution in [3.8, 4) is 0 Å². The number of benzene rings is 1. The number of amides is 1. The molecule has 2 fully saturated rings. The van der Waals surface area contributed by atoms with E-state index in [2.05, 4.69) is 25.4 Å². The second-order valence-corrected chi connectivity index (χ2v) is 9.22. The summed E-state index contributed by atoms with van der Waals surface area (Å²) in [5.74, 6) is -2.81. The van der Waals surface area contributed by atoms with E-state index in [4.69, 9.17) is 9.52 Å². The maximum absolute atomic E-state index is 13.4. The molecule has 1 amide bonds. The number of carbonyl (C=O) groups is 2. The van der Waals surface area contributed by atoms with Gasteiger partial charge in [-0.1, -0.05) is 6.07 Å². The van der Waals surface area contributed by atoms with Gasteiger partial charge in [-0.3, -0.25) is 9.59 Å². The first kappa shape index (κ1) is 22.9. The topological polar surface area (TPSA) is 121 Å². The molecule has 1 spiro atoms. The Labute approximate surface area is 199 Å². The fourth-order valence-corrected chi connectivity index (χ4v) is 4.85. The van der Waals surface area contributed by atoms with Crippen molar-refractivity contribution in [2.45, 2.75) is 32.1 Å². The fraction of sp³-hybridized carbons (Fsp3) is 0.375. The molecule has 11 heteroatoms. The summed E-state index contributed by atoms with van der Waals surface area (Å²) in [6.07, 6.45) is 5.00. The van der Waals surface area contributed by atoms with Crippen molar-refractivity contribution in [2.75, 3.05) is 23.3 Å². The van der Waals surface area contributed by atoms with Crippen LogP contribution in [0.15, 0.2) is 40.9 Å². The van der Waals surface area contributed by atoms with Gasteiger partial charge in [0.05, 0.1) is 24.2 Å². The normalized spacial score (nSPS) is 17.3. The van der Waals surface area contributed by atoms with Crippen LogP contribution in [0.1, 0.15) is 47.8 Å². The predicted octanol–water partition coefficient (Wildman–Crippen LogP) is 3.67. The van der Waals surface area contributed by atoms with Crippen molar-refractivity contribution in [1.29, 1.82) is 0 Å². The number of carboxylic acid groups (broad SMARTS) is 1. The van der Waals surface area contributed by atoms with Crippen molar-refractivity contribution in [3.05, 3.63) is 65.5 Å². The zero-order valence-corrected chi connectivity index (χ0v) is 18.7. The molecule has 0 radical (unpaired) electrons. The predicted molar refractivity (Wildman–Crippen MR) is 120 cm³/mol. The average Bonchev–Trinajstić information content (AvgIpc) is 3.29. The Morgan fingerprint density at radius 3 is 2.54 bits per heavy atom. The Morgan fingerprint density at radius 2 is 1.89 bits per heavy atom. The van der Waals surface area contributed by atoms with Gasteiger partial charge < -0.3 is 19.7 Å². The van der Waals surface area contributed by atoms with Crippen molar-refractivity contribution in [3.63, 3.8) is 0 Å². The molecule has 9 nitrogen and oxygen atoms in total. The lowest BCUT2D eigenvalue weighted by Gasteiger charge is -2.51. The Bertz CT molecular complexity index is 1250. The van der Waals surface area contributed by atoms with Crippen molar-refractivity contribution in [2.24, 2.45) is 11.3 Å². The number of piperidine rings is 1. The molecule has 0 unspecified atom stereocenters. The van der Waals surface area contributed by atoms with E-state index in [-0.39, 0.29) is 29.5 Å². The molecule has 1 aliphatic carbocycles. The van der Waals surface area contributed by atoms with Crippen molar-refractivity contribution >= 4 is 23.4 Å². The van der Waals surface area contributed by atoms with Crippen LogP contribution in [0.5, 0.6) is 0 Å². The SMILES string of the molecule is O=C(Nc1ccc(N2CCC3(CC2)CC(C(=O)O)C3)nc1)c1nnc(Cc2ccc(F)c(F)c2)o1. The molecule has 182 valence electrons. The van der Waals surface area contributed by atoms with Gasteiger partial charge in [0.1, 0.15) is 5.82 Å². The average molecular weight is 483 g/mol. The van der Waals surface area contributed by atoms with Gasteiger partial charge in [-0.15, -0.1) is 10.2 Å². The minimum atomic E-state index is -0.977. The molecule has 1 aliphatic heterocycles. The Kier molecular flexibility index (Phi) is 5.91. The first-order valence-electron chi connectivity index (χ1n) is 11.3. The molecule has 3 heterocycles. The van der Waals surface area contributed by atoms with Gasteiger partial charge in [-0.05, 0) is 60.9 Å². The van der Waals surface area contributed by atoms with E-state index < -0.39 is 23.5 Å². The molecule has 2 aromatic heterocycles. The number of anilines is 2. The van der Waals surface area contributed by atoms with Crippen LogP contribution in [0, 0.1) is 23.0 Å². The summed E-state index contributed by atoms with van der Waals surface area (Å²) in [5.41, 5.74) is 1.04. The van der Waals surface area contributed by atoms with E-state index in [1.165, 1.54) is 6.07 Å². The molecule has 5 rings (SSSR count). The number of hydrogen-bond acceptors (Lipinski definition) is 7. The number of carbonyl (C=O) groups excluding carboxylic acids is 1. The van der Waals surface area contributed by atoms with Crippen LogP contribution in [0.3, 0.4) is 0 Å². The number of aromatic nitrogens is 3. The molecule has 1 aromatic carbocycles. The zero-order chi connectivity index (χ0) is 24.6. The highest BCUT2D eigenvalue weighted by atomic mass is 19.2. The summed E-state index contributed by atoms with van der Waals surface area (Å²) < 4.78 is 31.8. The molecule has 3 aromatic rings. The van der Waals surface area contributed by atoms with Gasteiger partial charge in [0.2, 0.25) is 5.89 Å². The third-order valence-electron chi connectivity index (χ3n) is 6.86. The number of hydrogen-bond donors (Lipinski definition) is 2. The Balaban J connectivity index is 1.14. The van der Waals surface area contributed by atoms with E-state index in [9.17, 15) is 18.4 Å². The van der Waals surface area contributed by atoms with E-state index in [1.54, 1.807) is 12.3 Å². The summed E-state index contributed by atoms with van der Waals surface area (Å²) >= 11 is 0. The number of carboxylic acids is 1. The van der Waals surface area contributed by atoms with Crippen LogP contribution in [0.4, 0.5) is 20.3 Å². The lowest BCUT2D eigenvalue weighted by molar-refractivity contribution is -0.151. The number of rotatable bonds is 6. The number of nitrogens with one attached hydrogen (secondary N) is 1. The molecule has 35 heavy (non-hydrogen) atoms.